The molecular formula is C13H25N3O2. The van der Waals surface area contributed by atoms with E-state index < -0.39 is 11.3 Å². The highest BCUT2D eigenvalue weighted by molar-refractivity contribution is 5.83. The van der Waals surface area contributed by atoms with E-state index in [1.165, 1.54) is 0 Å². The Morgan fingerprint density at radius 1 is 1.33 bits per heavy atom. The Bertz CT molecular complexity index is 328. The molecule has 3 atom stereocenters. The van der Waals surface area contributed by atoms with E-state index in [0.717, 1.165) is 19.3 Å². The third kappa shape index (κ3) is 3.45. The number of nitrogens with one attached hydrogen (secondary N) is 1. The van der Waals surface area contributed by atoms with Crippen molar-refractivity contribution in [2.24, 2.45) is 28.7 Å². The van der Waals surface area contributed by atoms with E-state index in [-0.39, 0.29) is 30.3 Å². The van der Waals surface area contributed by atoms with Crippen LogP contribution in [0.2, 0.25) is 0 Å². The Labute approximate surface area is 109 Å². The number of hydrogen-bond donors (Lipinski definition) is 3. The van der Waals surface area contributed by atoms with Gasteiger partial charge in [-0.3, -0.25) is 9.59 Å². The summed E-state index contributed by atoms with van der Waals surface area (Å²) in [4.78, 5) is 23.3. The highest BCUT2D eigenvalue weighted by atomic mass is 16.2. The SMILES string of the molecule is CC1C(N)CCCC1C(=O)NCC(C)(C)C(N)=O. The van der Waals surface area contributed by atoms with Crippen molar-refractivity contribution in [3.8, 4) is 0 Å². The molecule has 0 aromatic rings. The number of hydrogen-bond acceptors (Lipinski definition) is 3. The first-order valence-electron chi connectivity index (χ1n) is 6.59. The minimum Gasteiger partial charge on any atom is -0.369 e. The van der Waals surface area contributed by atoms with Gasteiger partial charge in [-0.15, -0.1) is 0 Å². The molecule has 1 rings (SSSR count). The normalized spacial score (nSPS) is 28.8. The topological polar surface area (TPSA) is 98.2 Å². The molecule has 0 radical (unpaired) electrons. The standard InChI is InChI=1S/C13H25N3O2/c1-8-9(5-4-6-10(8)14)11(17)16-7-13(2,3)12(15)18/h8-10H,4-7,14H2,1-3H3,(H2,15,18)(H,16,17). The number of primary amides is 1. The van der Waals surface area contributed by atoms with Crippen LogP contribution < -0.4 is 16.8 Å². The van der Waals surface area contributed by atoms with Gasteiger partial charge in [-0.1, -0.05) is 13.3 Å². The summed E-state index contributed by atoms with van der Waals surface area (Å²) in [7, 11) is 0. The van der Waals surface area contributed by atoms with E-state index in [2.05, 4.69) is 5.32 Å². The molecule has 1 aliphatic rings. The maximum absolute atomic E-state index is 12.1. The fourth-order valence-electron chi connectivity index (χ4n) is 2.29. The first kappa shape index (κ1) is 15.0. The predicted molar refractivity (Wildman–Crippen MR) is 70.5 cm³/mol. The number of nitrogens with two attached hydrogens (primary N) is 2. The van der Waals surface area contributed by atoms with Crippen LogP contribution in [-0.4, -0.2) is 24.4 Å². The highest BCUT2D eigenvalue weighted by Crippen LogP contribution is 2.29. The zero-order chi connectivity index (χ0) is 13.9. The zero-order valence-electron chi connectivity index (χ0n) is 11.5. The van der Waals surface area contributed by atoms with Crippen molar-refractivity contribution in [1.29, 1.82) is 0 Å². The van der Waals surface area contributed by atoms with Crippen LogP contribution in [0.1, 0.15) is 40.0 Å². The second kappa shape index (κ2) is 5.69. The number of carbonyl (C=O) groups is 2. The second-order valence-corrected chi connectivity index (χ2v) is 6.03. The van der Waals surface area contributed by atoms with Gasteiger partial charge in [-0.25, -0.2) is 0 Å². The average Bonchev–Trinajstić information content (AvgIpc) is 2.29. The minimum absolute atomic E-state index is 0.00743. The number of amides is 2. The summed E-state index contributed by atoms with van der Waals surface area (Å²) >= 11 is 0. The Morgan fingerprint density at radius 2 is 1.94 bits per heavy atom. The quantitative estimate of drug-likeness (QED) is 0.677. The monoisotopic (exact) mass is 255 g/mol. The largest absolute Gasteiger partial charge is 0.369 e. The van der Waals surface area contributed by atoms with Crippen molar-refractivity contribution in [3.05, 3.63) is 0 Å². The second-order valence-electron chi connectivity index (χ2n) is 6.03. The molecule has 1 aliphatic carbocycles. The van der Waals surface area contributed by atoms with Crippen molar-refractivity contribution >= 4 is 11.8 Å². The predicted octanol–water partition coefficient (Wildman–Crippen LogP) is 0.378. The van der Waals surface area contributed by atoms with Crippen LogP contribution in [0.3, 0.4) is 0 Å². The maximum Gasteiger partial charge on any atom is 0.224 e. The Hall–Kier alpha value is -1.10. The van der Waals surface area contributed by atoms with Gasteiger partial charge in [0.2, 0.25) is 11.8 Å². The van der Waals surface area contributed by atoms with E-state index in [4.69, 9.17) is 11.5 Å². The third-order valence-corrected chi connectivity index (χ3v) is 4.07. The molecule has 0 saturated heterocycles. The van der Waals surface area contributed by atoms with E-state index in [9.17, 15) is 9.59 Å². The van der Waals surface area contributed by atoms with Gasteiger partial charge in [0, 0.05) is 18.5 Å². The van der Waals surface area contributed by atoms with Crippen LogP contribution >= 0.6 is 0 Å². The lowest BCUT2D eigenvalue weighted by molar-refractivity contribution is -0.130. The van der Waals surface area contributed by atoms with Crippen LogP contribution in [0, 0.1) is 17.3 Å². The van der Waals surface area contributed by atoms with Gasteiger partial charge in [0.25, 0.3) is 0 Å². The molecule has 2 amide bonds. The van der Waals surface area contributed by atoms with Crippen LogP contribution in [-0.2, 0) is 9.59 Å². The first-order chi connectivity index (χ1) is 8.25. The lowest BCUT2D eigenvalue weighted by Crippen LogP contribution is -2.48. The summed E-state index contributed by atoms with van der Waals surface area (Å²) in [6.07, 6.45) is 2.85. The Kier molecular flexibility index (Phi) is 4.73. The van der Waals surface area contributed by atoms with Crippen molar-refractivity contribution in [1.82, 2.24) is 5.32 Å². The van der Waals surface area contributed by atoms with Crippen LogP contribution in [0.5, 0.6) is 0 Å². The summed E-state index contributed by atoms with van der Waals surface area (Å²) in [6.45, 7) is 5.75. The lowest BCUT2D eigenvalue weighted by atomic mass is 9.76. The fourth-order valence-corrected chi connectivity index (χ4v) is 2.29. The van der Waals surface area contributed by atoms with Crippen LogP contribution in [0.15, 0.2) is 0 Å². The molecule has 1 saturated carbocycles. The number of carbonyl (C=O) groups excluding carboxylic acids is 2. The zero-order valence-corrected chi connectivity index (χ0v) is 11.5. The van der Waals surface area contributed by atoms with Gasteiger partial charge < -0.3 is 16.8 Å². The third-order valence-electron chi connectivity index (χ3n) is 4.07. The van der Waals surface area contributed by atoms with Gasteiger partial charge >= 0.3 is 0 Å². The molecule has 5 nitrogen and oxygen atoms in total. The molecular weight excluding hydrogens is 230 g/mol. The van der Waals surface area contributed by atoms with E-state index in [0.29, 0.717) is 0 Å². The summed E-state index contributed by atoms with van der Waals surface area (Å²) in [6, 6.07) is 0.0960. The van der Waals surface area contributed by atoms with Gasteiger partial charge in [0.15, 0.2) is 0 Å². The van der Waals surface area contributed by atoms with Crippen LogP contribution in [0.4, 0.5) is 0 Å². The molecule has 5 heteroatoms. The molecule has 1 fully saturated rings. The lowest BCUT2D eigenvalue weighted by Gasteiger charge is -2.33. The Balaban J connectivity index is 2.53. The van der Waals surface area contributed by atoms with Crippen molar-refractivity contribution in [2.75, 3.05) is 6.54 Å². The molecule has 104 valence electrons. The van der Waals surface area contributed by atoms with Crippen molar-refractivity contribution in [2.45, 2.75) is 46.1 Å². The molecule has 0 aromatic carbocycles. The van der Waals surface area contributed by atoms with E-state index >= 15 is 0 Å². The maximum atomic E-state index is 12.1. The van der Waals surface area contributed by atoms with Crippen molar-refractivity contribution in [3.63, 3.8) is 0 Å². The summed E-state index contributed by atoms with van der Waals surface area (Å²) < 4.78 is 0. The van der Waals surface area contributed by atoms with Crippen LogP contribution in [0.25, 0.3) is 0 Å². The molecule has 0 aromatic heterocycles. The van der Waals surface area contributed by atoms with Gasteiger partial charge in [0.1, 0.15) is 0 Å². The first-order valence-corrected chi connectivity index (χ1v) is 6.59. The molecule has 3 unspecified atom stereocenters. The summed E-state index contributed by atoms with van der Waals surface area (Å²) in [5, 5.41) is 2.83. The van der Waals surface area contributed by atoms with E-state index in [1.807, 2.05) is 6.92 Å². The number of rotatable bonds is 4. The average molecular weight is 255 g/mol. The molecule has 0 heterocycles. The molecule has 5 N–H and O–H groups in total. The molecule has 0 aliphatic heterocycles. The smallest absolute Gasteiger partial charge is 0.224 e. The molecule has 0 spiro atoms. The van der Waals surface area contributed by atoms with E-state index in [1.54, 1.807) is 13.8 Å². The van der Waals surface area contributed by atoms with Crippen molar-refractivity contribution < 1.29 is 9.59 Å². The summed E-state index contributed by atoms with van der Waals surface area (Å²) in [5.41, 5.74) is 10.5. The Morgan fingerprint density at radius 3 is 2.50 bits per heavy atom. The minimum atomic E-state index is -0.713. The fraction of sp³-hybridized carbons (Fsp3) is 0.846. The summed E-state index contributed by atoms with van der Waals surface area (Å²) in [5.74, 6) is -0.268. The molecule has 0 bridgehead atoms. The van der Waals surface area contributed by atoms with Gasteiger partial charge in [-0.05, 0) is 32.6 Å². The van der Waals surface area contributed by atoms with Gasteiger partial charge in [-0.2, -0.15) is 0 Å². The van der Waals surface area contributed by atoms with Gasteiger partial charge in [0.05, 0.1) is 5.41 Å². The highest BCUT2D eigenvalue weighted by Gasteiger charge is 2.34. The molecule has 18 heavy (non-hydrogen) atoms.